The van der Waals surface area contributed by atoms with Crippen molar-refractivity contribution >= 4 is 11.6 Å². The number of nitrogens with one attached hydrogen (secondary N) is 1. The van der Waals surface area contributed by atoms with E-state index in [4.69, 9.17) is 0 Å². The summed E-state index contributed by atoms with van der Waals surface area (Å²) in [6.45, 7) is 6.80. The first kappa shape index (κ1) is 20.4. The monoisotopic (exact) mass is 425 g/mol. The van der Waals surface area contributed by atoms with Gasteiger partial charge in [0.2, 0.25) is 0 Å². The summed E-state index contributed by atoms with van der Waals surface area (Å²) in [6.07, 6.45) is 4.37. The molecule has 0 bridgehead atoms. The molecule has 2 aromatic heterocycles. The quantitative estimate of drug-likeness (QED) is 0.526. The second kappa shape index (κ2) is 8.20. The Morgan fingerprint density at radius 2 is 1.78 bits per heavy atom. The number of nitrogens with zero attached hydrogens (tertiary/aromatic N) is 4. The molecule has 0 unspecified atom stereocenters. The van der Waals surface area contributed by atoms with E-state index in [1.54, 1.807) is 16.9 Å². The maximum absolute atomic E-state index is 13.1. The van der Waals surface area contributed by atoms with Gasteiger partial charge in [-0.15, -0.1) is 0 Å². The lowest BCUT2D eigenvalue weighted by molar-refractivity contribution is 0.0827. The standard InChI is InChI=1S/C26H27N5O/c1-26(2,30-15-13-19-8-6-7-11-21(19)17-30)18-28-25(32)22-16-29-31-23(12-14-27-24(22)31)20-9-4-3-5-10-20/h3-12,14,16H,13,15,17-18H2,1-2H3,(H,28,32). The highest BCUT2D eigenvalue weighted by Crippen LogP contribution is 2.25. The molecule has 1 N–H and O–H groups in total. The normalized spacial score (nSPS) is 14.3. The molecule has 0 spiro atoms. The molecular weight excluding hydrogens is 398 g/mol. The molecule has 1 aliphatic heterocycles. The van der Waals surface area contributed by atoms with Crippen LogP contribution in [0.1, 0.15) is 35.3 Å². The Hall–Kier alpha value is -3.51. The first-order valence-corrected chi connectivity index (χ1v) is 11.0. The van der Waals surface area contributed by atoms with Crippen molar-refractivity contribution in [2.75, 3.05) is 13.1 Å². The first-order valence-electron chi connectivity index (χ1n) is 11.0. The summed E-state index contributed by atoms with van der Waals surface area (Å²) in [5, 5.41) is 7.58. The van der Waals surface area contributed by atoms with Gasteiger partial charge in [-0.3, -0.25) is 9.69 Å². The number of benzene rings is 2. The average Bonchev–Trinajstić information content (AvgIpc) is 3.27. The molecule has 162 valence electrons. The van der Waals surface area contributed by atoms with Gasteiger partial charge in [0.25, 0.3) is 5.91 Å². The van der Waals surface area contributed by atoms with Gasteiger partial charge in [-0.1, -0.05) is 54.6 Å². The van der Waals surface area contributed by atoms with E-state index < -0.39 is 0 Å². The summed E-state index contributed by atoms with van der Waals surface area (Å²) >= 11 is 0. The number of aromatic nitrogens is 3. The van der Waals surface area contributed by atoms with Crippen LogP contribution in [0.5, 0.6) is 0 Å². The molecule has 0 saturated carbocycles. The fourth-order valence-electron chi connectivity index (χ4n) is 4.40. The third-order valence-corrected chi connectivity index (χ3v) is 6.38. The van der Waals surface area contributed by atoms with Crippen LogP contribution in [0.2, 0.25) is 0 Å². The van der Waals surface area contributed by atoms with E-state index in [1.807, 2.05) is 36.4 Å². The van der Waals surface area contributed by atoms with Crippen molar-refractivity contribution in [1.82, 2.24) is 24.8 Å². The minimum absolute atomic E-state index is 0.150. The van der Waals surface area contributed by atoms with Gasteiger partial charge in [0.15, 0.2) is 5.65 Å². The average molecular weight is 426 g/mol. The van der Waals surface area contributed by atoms with Crippen molar-refractivity contribution in [3.05, 3.63) is 89.7 Å². The Morgan fingerprint density at radius 1 is 1.03 bits per heavy atom. The van der Waals surface area contributed by atoms with Gasteiger partial charge in [0.1, 0.15) is 5.56 Å². The molecule has 0 aliphatic carbocycles. The molecule has 2 aromatic carbocycles. The smallest absolute Gasteiger partial charge is 0.256 e. The van der Waals surface area contributed by atoms with Gasteiger partial charge >= 0.3 is 0 Å². The molecule has 1 aliphatic rings. The maximum Gasteiger partial charge on any atom is 0.256 e. The van der Waals surface area contributed by atoms with Crippen molar-refractivity contribution < 1.29 is 4.79 Å². The van der Waals surface area contributed by atoms with E-state index in [-0.39, 0.29) is 11.4 Å². The summed E-state index contributed by atoms with van der Waals surface area (Å²) in [5.74, 6) is -0.150. The van der Waals surface area contributed by atoms with E-state index >= 15 is 0 Å². The molecule has 0 atom stereocenters. The highest BCUT2D eigenvalue weighted by atomic mass is 16.1. The number of fused-ring (bicyclic) bond motifs is 2. The van der Waals surface area contributed by atoms with E-state index in [9.17, 15) is 4.79 Å². The van der Waals surface area contributed by atoms with Gasteiger partial charge < -0.3 is 5.32 Å². The Bertz CT molecular complexity index is 1260. The van der Waals surface area contributed by atoms with Crippen LogP contribution in [0, 0.1) is 0 Å². The van der Waals surface area contributed by atoms with Crippen molar-refractivity contribution in [2.24, 2.45) is 0 Å². The number of amides is 1. The van der Waals surface area contributed by atoms with Crippen LogP contribution in [-0.4, -0.2) is 44.0 Å². The maximum atomic E-state index is 13.1. The highest BCUT2D eigenvalue weighted by molar-refractivity contribution is 5.99. The van der Waals surface area contributed by atoms with Crippen molar-refractivity contribution in [2.45, 2.75) is 32.4 Å². The predicted octanol–water partition coefficient (Wildman–Crippen LogP) is 3.96. The van der Waals surface area contributed by atoms with Crippen LogP contribution in [-0.2, 0) is 13.0 Å². The molecule has 6 nitrogen and oxygen atoms in total. The number of hydrogen-bond acceptors (Lipinski definition) is 4. The van der Waals surface area contributed by atoms with Crippen LogP contribution in [0.3, 0.4) is 0 Å². The Labute approximate surface area is 187 Å². The summed E-state index contributed by atoms with van der Waals surface area (Å²) in [7, 11) is 0. The number of rotatable bonds is 5. The van der Waals surface area contributed by atoms with Crippen molar-refractivity contribution in [1.29, 1.82) is 0 Å². The summed E-state index contributed by atoms with van der Waals surface area (Å²) in [6, 6.07) is 20.5. The lowest BCUT2D eigenvalue weighted by Gasteiger charge is -2.41. The van der Waals surface area contributed by atoms with E-state index in [0.29, 0.717) is 17.8 Å². The number of carbonyl (C=O) groups excluding carboxylic acids is 1. The van der Waals surface area contributed by atoms with Crippen molar-refractivity contribution in [3.63, 3.8) is 0 Å². The van der Waals surface area contributed by atoms with Crippen LogP contribution in [0.15, 0.2) is 73.1 Å². The zero-order valence-electron chi connectivity index (χ0n) is 18.5. The van der Waals surface area contributed by atoms with Gasteiger partial charge in [0.05, 0.1) is 11.9 Å². The second-order valence-corrected chi connectivity index (χ2v) is 8.93. The third-order valence-electron chi connectivity index (χ3n) is 6.38. The van der Waals surface area contributed by atoms with Gasteiger partial charge in [0, 0.05) is 36.9 Å². The van der Waals surface area contributed by atoms with Crippen LogP contribution < -0.4 is 5.32 Å². The Balaban J connectivity index is 1.32. The fourth-order valence-corrected chi connectivity index (χ4v) is 4.40. The fraction of sp³-hybridized carbons (Fsp3) is 0.269. The molecule has 6 heteroatoms. The van der Waals surface area contributed by atoms with Gasteiger partial charge in [-0.2, -0.15) is 5.10 Å². The molecule has 3 heterocycles. The van der Waals surface area contributed by atoms with Gasteiger partial charge in [-0.25, -0.2) is 9.50 Å². The third kappa shape index (κ3) is 3.78. The lowest BCUT2D eigenvalue weighted by atomic mass is 9.94. The SMILES string of the molecule is CC(C)(CNC(=O)c1cnn2c(-c3ccccc3)ccnc12)N1CCc2ccccc2C1. The van der Waals surface area contributed by atoms with E-state index in [0.717, 1.165) is 30.8 Å². The molecule has 1 amide bonds. The minimum atomic E-state index is -0.172. The van der Waals surface area contributed by atoms with Crippen molar-refractivity contribution in [3.8, 4) is 11.3 Å². The summed E-state index contributed by atoms with van der Waals surface area (Å²) in [4.78, 5) is 20.0. The molecule has 0 radical (unpaired) electrons. The number of carbonyl (C=O) groups is 1. The molecule has 4 aromatic rings. The van der Waals surface area contributed by atoms with Gasteiger partial charge in [-0.05, 0) is 37.5 Å². The molecule has 0 saturated heterocycles. The van der Waals surface area contributed by atoms with E-state index in [2.05, 4.69) is 58.4 Å². The molecule has 0 fully saturated rings. The zero-order valence-corrected chi connectivity index (χ0v) is 18.5. The van der Waals surface area contributed by atoms with Crippen LogP contribution >= 0.6 is 0 Å². The summed E-state index contributed by atoms with van der Waals surface area (Å²) in [5.41, 5.74) is 5.61. The Morgan fingerprint density at radius 3 is 2.59 bits per heavy atom. The minimum Gasteiger partial charge on any atom is -0.350 e. The van der Waals surface area contributed by atoms with E-state index in [1.165, 1.54) is 11.1 Å². The Kier molecular flexibility index (Phi) is 5.23. The summed E-state index contributed by atoms with van der Waals surface area (Å²) < 4.78 is 1.73. The molecule has 5 rings (SSSR count). The largest absolute Gasteiger partial charge is 0.350 e. The first-order chi connectivity index (χ1) is 15.5. The number of hydrogen-bond donors (Lipinski definition) is 1. The highest BCUT2D eigenvalue weighted by Gasteiger charge is 2.30. The van der Waals surface area contributed by atoms with Crippen LogP contribution in [0.25, 0.3) is 16.9 Å². The zero-order chi connectivity index (χ0) is 22.1. The molecule has 32 heavy (non-hydrogen) atoms. The van der Waals surface area contributed by atoms with Crippen LogP contribution in [0.4, 0.5) is 0 Å². The lowest BCUT2D eigenvalue weighted by Crippen LogP contribution is -2.53. The molecular formula is C26H27N5O. The topological polar surface area (TPSA) is 62.5 Å². The predicted molar refractivity (Wildman–Crippen MR) is 125 cm³/mol. The second-order valence-electron chi connectivity index (χ2n) is 8.93.